The van der Waals surface area contributed by atoms with Gasteiger partial charge in [-0.15, -0.1) is 0 Å². The fraction of sp³-hybridized carbons (Fsp3) is 0.538. The Morgan fingerprint density at radius 1 is 1.30 bits per heavy atom. The minimum Gasteiger partial charge on any atom is -0.467 e. The Labute approximate surface area is 117 Å². The van der Waals surface area contributed by atoms with E-state index in [1.54, 1.807) is 6.07 Å². The van der Waals surface area contributed by atoms with E-state index in [1.165, 1.54) is 20.4 Å². The lowest BCUT2D eigenvalue weighted by molar-refractivity contribution is -0.141. The van der Waals surface area contributed by atoms with Crippen LogP contribution in [-0.4, -0.2) is 42.2 Å². The Morgan fingerprint density at radius 3 is 2.55 bits per heavy atom. The number of hydrogen-bond donors (Lipinski definition) is 1. The molecule has 1 aromatic rings. The van der Waals surface area contributed by atoms with Crippen LogP contribution in [0.5, 0.6) is 0 Å². The zero-order valence-electron chi connectivity index (χ0n) is 12.0. The summed E-state index contributed by atoms with van der Waals surface area (Å²) in [5.74, 6) is -0.403. The molecule has 0 bridgehead atoms. The third-order valence-electron chi connectivity index (χ3n) is 2.54. The van der Waals surface area contributed by atoms with Gasteiger partial charge < -0.3 is 14.8 Å². The first-order valence-corrected chi connectivity index (χ1v) is 6.23. The summed E-state index contributed by atoms with van der Waals surface area (Å²) in [7, 11) is 2.58. The minimum absolute atomic E-state index is 0.0642. The first kappa shape index (κ1) is 15.9. The van der Waals surface area contributed by atoms with Crippen LogP contribution in [0.3, 0.4) is 0 Å². The number of methoxy groups -OCH3 is 2. The summed E-state index contributed by atoms with van der Waals surface area (Å²) in [6, 6.07) is 1.04. The maximum absolute atomic E-state index is 11.7. The maximum Gasteiger partial charge on any atom is 0.376 e. The number of hydrogen-bond acceptors (Lipinski definition) is 7. The van der Waals surface area contributed by atoms with Gasteiger partial charge in [-0.2, -0.15) is 0 Å². The first-order chi connectivity index (χ1) is 9.47. The molecule has 0 aliphatic carbocycles. The number of nitrogens with one attached hydrogen (secondary N) is 1. The van der Waals surface area contributed by atoms with Gasteiger partial charge >= 0.3 is 11.9 Å². The van der Waals surface area contributed by atoms with Gasteiger partial charge in [-0.05, 0) is 18.4 Å². The van der Waals surface area contributed by atoms with Gasteiger partial charge in [0.15, 0.2) is 0 Å². The van der Waals surface area contributed by atoms with Crippen LogP contribution >= 0.6 is 0 Å². The van der Waals surface area contributed by atoms with E-state index >= 15 is 0 Å². The third kappa shape index (κ3) is 4.49. The monoisotopic (exact) mass is 281 g/mol. The molecule has 1 aromatic heterocycles. The molecule has 0 fully saturated rings. The Kier molecular flexibility index (Phi) is 5.89. The standard InChI is InChI=1S/C13H19N3O4/c1-8(2)7-9(12(17)19-3)15-10-5-6-14-11(16-10)13(18)20-4/h5-6,8-9H,7H2,1-4H3,(H,14,15,16). The smallest absolute Gasteiger partial charge is 0.376 e. The number of anilines is 1. The molecule has 1 N–H and O–H groups in total. The molecule has 0 radical (unpaired) electrons. The Hall–Kier alpha value is -2.18. The van der Waals surface area contributed by atoms with E-state index in [0.29, 0.717) is 18.2 Å². The molecule has 0 aliphatic rings. The average Bonchev–Trinajstić information content (AvgIpc) is 2.44. The summed E-state index contributed by atoms with van der Waals surface area (Å²) < 4.78 is 9.29. The summed E-state index contributed by atoms with van der Waals surface area (Å²) in [6.45, 7) is 3.99. The van der Waals surface area contributed by atoms with Gasteiger partial charge in [-0.25, -0.2) is 19.6 Å². The maximum atomic E-state index is 11.7. The van der Waals surface area contributed by atoms with Crippen molar-refractivity contribution in [2.45, 2.75) is 26.3 Å². The van der Waals surface area contributed by atoms with E-state index in [4.69, 9.17) is 4.74 Å². The van der Waals surface area contributed by atoms with Crippen LogP contribution in [0.15, 0.2) is 12.3 Å². The van der Waals surface area contributed by atoms with Crippen molar-refractivity contribution in [1.29, 1.82) is 0 Å². The number of carbonyl (C=O) groups is 2. The van der Waals surface area contributed by atoms with Crippen molar-refractivity contribution in [2.75, 3.05) is 19.5 Å². The van der Waals surface area contributed by atoms with Gasteiger partial charge in [0.1, 0.15) is 11.9 Å². The Morgan fingerprint density at radius 2 is 2.00 bits per heavy atom. The summed E-state index contributed by atoms with van der Waals surface area (Å²) in [4.78, 5) is 30.9. The number of aromatic nitrogens is 2. The molecule has 0 saturated carbocycles. The zero-order valence-corrected chi connectivity index (χ0v) is 12.0. The highest BCUT2D eigenvalue weighted by Crippen LogP contribution is 2.12. The Bertz CT molecular complexity index is 476. The molecule has 0 aliphatic heterocycles. The third-order valence-corrected chi connectivity index (χ3v) is 2.54. The van der Waals surface area contributed by atoms with E-state index in [9.17, 15) is 9.59 Å². The van der Waals surface area contributed by atoms with Crippen molar-refractivity contribution < 1.29 is 19.1 Å². The second-order valence-electron chi connectivity index (χ2n) is 4.61. The summed E-state index contributed by atoms with van der Waals surface area (Å²) in [5.41, 5.74) is 0. The summed E-state index contributed by atoms with van der Waals surface area (Å²) in [5, 5.41) is 2.95. The van der Waals surface area contributed by atoms with Gasteiger partial charge in [0, 0.05) is 6.20 Å². The zero-order chi connectivity index (χ0) is 15.1. The van der Waals surface area contributed by atoms with E-state index in [1.807, 2.05) is 13.8 Å². The summed E-state index contributed by atoms with van der Waals surface area (Å²) >= 11 is 0. The topological polar surface area (TPSA) is 90.4 Å². The van der Waals surface area contributed by atoms with Crippen molar-refractivity contribution in [3.8, 4) is 0 Å². The number of esters is 2. The fourth-order valence-corrected chi connectivity index (χ4v) is 1.63. The molecule has 110 valence electrons. The van der Waals surface area contributed by atoms with Gasteiger partial charge in [0.2, 0.25) is 5.82 Å². The van der Waals surface area contributed by atoms with Crippen LogP contribution in [0, 0.1) is 5.92 Å². The van der Waals surface area contributed by atoms with Crippen LogP contribution in [0.4, 0.5) is 5.82 Å². The van der Waals surface area contributed by atoms with Gasteiger partial charge in [-0.1, -0.05) is 13.8 Å². The van der Waals surface area contributed by atoms with Crippen LogP contribution in [0.2, 0.25) is 0 Å². The molecule has 1 atom stereocenters. The molecular weight excluding hydrogens is 262 g/mol. The van der Waals surface area contributed by atoms with Crippen LogP contribution in [-0.2, 0) is 14.3 Å². The van der Waals surface area contributed by atoms with Gasteiger partial charge in [0.25, 0.3) is 0 Å². The van der Waals surface area contributed by atoms with Gasteiger partial charge in [0.05, 0.1) is 14.2 Å². The number of ether oxygens (including phenoxy) is 2. The molecule has 7 nitrogen and oxygen atoms in total. The summed E-state index contributed by atoms with van der Waals surface area (Å²) in [6.07, 6.45) is 2.01. The molecule has 20 heavy (non-hydrogen) atoms. The second kappa shape index (κ2) is 7.42. The van der Waals surface area contributed by atoms with E-state index in [2.05, 4.69) is 20.0 Å². The normalized spacial score (nSPS) is 11.8. The predicted molar refractivity (Wildman–Crippen MR) is 72.3 cm³/mol. The highest BCUT2D eigenvalue weighted by atomic mass is 16.5. The fourth-order valence-electron chi connectivity index (χ4n) is 1.63. The van der Waals surface area contributed by atoms with E-state index < -0.39 is 12.0 Å². The predicted octanol–water partition coefficient (Wildman–Crippen LogP) is 1.26. The van der Waals surface area contributed by atoms with Crippen molar-refractivity contribution in [1.82, 2.24) is 9.97 Å². The van der Waals surface area contributed by atoms with E-state index in [0.717, 1.165) is 0 Å². The molecule has 0 aromatic carbocycles. The highest BCUT2D eigenvalue weighted by Gasteiger charge is 2.21. The largest absolute Gasteiger partial charge is 0.467 e. The number of carbonyl (C=O) groups excluding carboxylic acids is 2. The molecule has 0 saturated heterocycles. The quantitative estimate of drug-likeness (QED) is 0.785. The van der Waals surface area contributed by atoms with E-state index in [-0.39, 0.29) is 11.8 Å². The highest BCUT2D eigenvalue weighted by molar-refractivity contribution is 5.85. The molecule has 1 heterocycles. The van der Waals surface area contributed by atoms with Crippen LogP contribution < -0.4 is 5.32 Å². The molecule has 0 spiro atoms. The second-order valence-corrected chi connectivity index (χ2v) is 4.61. The van der Waals surface area contributed by atoms with Gasteiger partial charge in [-0.3, -0.25) is 0 Å². The average molecular weight is 281 g/mol. The van der Waals surface area contributed by atoms with Crippen molar-refractivity contribution >= 4 is 17.8 Å². The molecular formula is C13H19N3O4. The van der Waals surface area contributed by atoms with Crippen LogP contribution in [0.1, 0.15) is 30.9 Å². The first-order valence-electron chi connectivity index (χ1n) is 6.23. The van der Waals surface area contributed by atoms with Crippen molar-refractivity contribution in [3.63, 3.8) is 0 Å². The van der Waals surface area contributed by atoms with Crippen LogP contribution in [0.25, 0.3) is 0 Å². The molecule has 7 heteroatoms. The Balaban J connectivity index is 2.87. The molecule has 1 unspecified atom stereocenters. The molecule has 1 rings (SSSR count). The lowest BCUT2D eigenvalue weighted by Crippen LogP contribution is -2.32. The lowest BCUT2D eigenvalue weighted by atomic mass is 10.0. The number of nitrogens with zero attached hydrogens (tertiary/aromatic N) is 2. The number of rotatable bonds is 6. The SMILES string of the molecule is COC(=O)c1nccc(NC(CC(C)C)C(=O)OC)n1. The lowest BCUT2D eigenvalue weighted by Gasteiger charge is -2.18. The minimum atomic E-state index is -0.632. The van der Waals surface area contributed by atoms with Crippen molar-refractivity contribution in [3.05, 3.63) is 18.1 Å². The van der Waals surface area contributed by atoms with Crippen molar-refractivity contribution in [2.24, 2.45) is 5.92 Å². The molecule has 0 amide bonds.